The number of amides is 2. The Balaban J connectivity index is 1.59. The number of benzene rings is 1. The average Bonchev–Trinajstić information content (AvgIpc) is 3.27. The molecule has 1 aliphatic heterocycles. The van der Waals surface area contributed by atoms with Gasteiger partial charge in [0.25, 0.3) is 0 Å². The Morgan fingerprint density at radius 1 is 1.23 bits per heavy atom. The van der Waals surface area contributed by atoms with Gasteiger partial charge in [-0.2, -0.15) is 0 Å². The number of carbonyl (C=O) groups is 2. The summed E-state index contributed by atoms with van der Waals surface area (Å²) >= 11 is 0. The lowest BCUT2D eigenvalue weighted by atomic mass is 9.96. The van der Waals surface area contributed by atoms with E-state index in [-0.39, 0.29) is 12.1 Å². The van der Waals surface area contributed by atoms with Crippen LogP contribution in [0, 0.1) is 0 Å². The van der Waals surface area contributed by atoms with Crippen molar-refractivity contribution in [3.05, 3.63) is 83.7 Å². The zero-order chi connectivity index (χ0) is 20.9. The van der Waals surface area contributed by atoms with Crippen molar-refractivity contribution in [3.8, 4) is 0 Å². The van der Waals surface area contributed by atoms with Crippen molar-refractivity contribution in [1.82, 2.24) is 25.2 Å². The number of nitrogens with zero attached hydrogens (tertiary/aromatic N) is 3. The van der Waals surface area contributed by atoms with E-state index in [4.69, 9.17) is 4.74 Å². The molecular weight excluding hydrogens is 382 g/mol. The van der Waals surface area contributed by atoms with Crippen LogP contribution in [0.4, 0.5) is 4.79 Å². The Morgan fingerprint density at radius 2 is 2.00 bits per heavy atom. The smallest absolute Gasteiger partial charge is 0.328 e. The Bertz CT molecular complexity index is 1010. The highest BCUT2D eigenvalue weighted by Gasteiger charge is 2.35. The van der Waals surface area contributed by atoms with Crippen LogP contribution in [0.15, 0.2) is 61.2 Å². The fourth-order valence-electron chi connectivity index (χ4n) is 3.80. The quantitative estimate of drug-likeness (QED) is 0.634. The molecule has 0 fully saturated rings. The van der Waals surface area contributed by atoms with Crippen molar-refractivity contribution in [2.24, 2.45) is 0 Å². The van der Waals surface area contributed by atoms with E-state index in [9.17, 15) is 9.59 Å². The molecule has 2 amide bonds. The van der Waals surface area contributed by atoms with Gasteiger partial charge in [-0.05, 0) is 23.3 Å². The van der Waals surface area contributed by atoms with Gasteiger partial charge in [-0.15, -0.1) is 0 Å². The first-order valence-corrected chi connectivity index (χ1v) is 9.78. The van der Waals surface area contributed by atoms with Crippen molar-refractivity contribution < 1.29 is 14.3 Å². The van der Waals surface area contributed by atoms with Crippen LogP contribution in [0.3, 0.4) is 0 Å². The third-order valence-corrected chi connectivity index (χ3v) is 5.27. The monoisotopic (exact) mass is 405 g/mol. The number of imidazole rings is 1. The number of esters is 1. The van der Waals surface area contributed by atoms with Crippen molar-refractivity contribution in [1.29, 1.82) is 0 Å². The van der Waals surface area contributed by atoms with Crippen LogP contribution < -0.4 is 5.32 Å². The number of urea groups is 1. The number of ether oxygens (including phenoxy) is 1. The summed E-state index contributed by atoms with van der Waals surface area (Å²) < 4.78 is 4.93. The van der Waals surface area contributed by atoms with Crippen molar-refractivity contribution >= 4 is 12.0 Å². The van der Waals surface area contributed by atoms with Crippen LogP contribution in [0.2, 0.25) is 0 Å². The fraction of sp³-hybridized carbons (Fsp3) is 0.273. The highest BCUT2D eigenvalue weighted by molar-refractivity contribution is 5.84. The minimum absolute atomic E-state index is 0.336. The Hall–Kier alpha value is -3.68. The normalized spacial score (nSPS) is 16.4. The number of hydrogen-bond acceptors (Lipinski definition) is 5. The molecule has 3 aromatic rings. The molecule has 0 unspecified atom stereocenters. The summed E-state index contributed by atoms with van der Waals surface area (Å²) in [5, 5.41) is 2.87. The minimum Gasteiger partial charge on any atom is -0.467 e. The molecule has 4 rings (SSSR count). The van der Waals surface area contributed by atoms with Crippen molar-refractivity contribution in [2.45, 2.75) is 24.9 Å². The van der Waals surface area contributed by atoms with Gasteiger partial charge < -0.3 is 19.9 Å². The van der Waals surface area contributed by atoms with Gasteiger partial charge in [0, 0.05) is 37.5 Å². The van der Waals surface area contributed by atoms with Crippen LogP contribution in [0.1, 0.15) is 28.6 Å². The molecule has 154 valence electrons. The second kappa shape index (κ2) is 8.77. The summed E-state index contributed by atoms with van der Waals surface area (Å²) in [4.78, 5) is 39.0. The van der Waals surface area contributed by atoms with E-state index in [2.05, 4.69) is 20.3 Å². The van der Waals surface area contributed by atoms with Gasteiger partial charge in [-0.25, -0.2) is 14.6 Å². The summed E-state index contributed by atoms with van der Waals surface area (Å²) in [6.45, 7) is 0.493. The molecular formula is C22H23N5O3. The molecule has 1 aliphatic rings. The second-order valence-corrected chi connectivity index (χ2v) is 7.11. The number of rotatable bonds is 5. The number of carbonyl (C=O) groups excluding carboxylic acids is 2. The summed E-state index contributed by atoms with van der Waals surface area (Å²) in [5.74, 6) is -0.481. The SMILES string of the molecule is COC(=O)[C@H](Cc1ccccc1)NC(=O)N1CCc2[nH]cnc2[C@H]1c1ccncc1. The largest absolute Gasteiger partial charge is 0.467 e. The molecule has 2 aromatic heterocycles. The number of methoxy groups -OCH3 is 1. The number of fused-ring (bicyclic) bond motifs is 1. The van der Waals surface area contributed by atoms with Crippen LogP contribution in [-0.4, -0.2) is 51.5 Å². The number of aromatic amines is 1. The molecule has 2 atom stereocenters. The first-order chi connectivity index (χ1) is 14.7. The van der Waals surface area contributed by atoms with Crippen LogP contribution in [0.5, 0.6) is 0 Å². The fourth-order valence-corrected chi connectivity index (χ4v) is 3.80. The number of hydrogen-bond donors (Lipinski definition) is 2. The molecule has 0 bridgehead atoms. The third-order valence-electron chi connectivity index (χ3n) is 5.27. The standard InChI is InChI=1S/C22H23N5O3/c1-30-21(28)18(13-15-5-3-2-4-6-15)26-22(29)27-12-9-17-19(25-14-24-17)20(27)16-7-10-23-11-8-16/h2-8,10-11,14,18,20H,9,12-13H2,1H3,(H,24,25)(H,26,29)/t18-,20+/m0/s1. The summed E-state index contributed by atoms with van der Waals surface area (Å²) in [5.41, 5.74) is 3.66. The predicted octanol–water partition coefficient (Wildman–Crippen LogP) is 2.25. The molecule has 30 heavy (non-hydrogen) atoms. The summed E-state index contributed by atoms with van der Waals surface area (Å²) in [6, 6.07) is 11.8. The third kappa shape index (κ3) is 4.03. The molecule has 1 aromatic carbocycles. The first kappa shape index (κ1) is 19.6. The highest BCUT2D eigenvalue weighted by Crippen LogP contribution is 2.33. The maximum atomic E-state index is 13.3. The van der Waals surface area contributed by atoms with E-state index in [0.717, 1.165) is 22.5 Å². The van der Waals surface area contributed by atoms with Gasteiger partial charge in [-0.3, -0.25) is 4.98 Å². The van der Waals surface area contributed by atoms with Crippen molar-refractivity contribution in [3.63, 3.8) is 0 Å². The van der Waals surface area contributed by atoms with E-state index >= 15 is 0 Å². The Morgan fingerprint density at radius 3 is 2.73 bits per heavy atom. The maximum Gasteiger partial charge on any atom is 0.328 e. The zero-order valence-corrected chi connectivity index (χ0v) is 16.6. The zero-order valence-electron chi connectivity index (χ0n) is 16.6. The molecule has 8 nitrogen and oxygen atoms in total. The lowest BCUT2D eigenvalue weighted by molar-refractivity contribution is -0.142. The first-order valence-electron chi connectivity index (χ1n) is 9.78. The molecule has 0 saturated carbocycles. The molecule has 0 aliphatic carbocycles. The minimum atomic E-state index is -0.788. The van der Waals surface area contributed by atoms with E-state index in [1.807, 2.05) is 42.5 Å². The summed E-state index contributed by atoms with van der Waals surface area (Å²) in [7, 11) is 1.32. The summed E-state index contributed by atoms with van der Waals surface area (Å²) in [6.07, 6.45) is 6.04. The topological polar surface area (TPSA) is 100 Å². The maximum absolute atomic E-state index is 13.3. The van der Waals surface area contributed by atoms with Crippen LogP contribution >= 0.6 is 0 Å². The van der Waals surface area contributed by atoms with Crippen molar-refractivity contribution in [2.75, 3.05) is 13.7 Å². The van der Waals surface area contributed by atoms with Gasteiger partial charge in [0.15, 0.2) is 0 Å². The number of H-pyrrole nitrogens is 1. The number of pyridine rings is 1. The Kier molecular flexibility index (Phi) is 5.74. The van der Waals surface area contributed by atoms with Gasteiger partial charge in [0.05, 0.1) is 19.1 Å². The Labute approximate surface area is 174 Å². The number of aromatic nitrogens is 3. The average molecular weight is 405 g/mol. The van der Waals surface area contributed by atoms with Gasteiger partial charge >= 0.3 is 12.0 Å². The molecule has 2 N–H and O–H groups in total. The lowest BCUT2D eigenvalue weighted by Gasteiger charge is -2.36. The van der Waals surface area contributed by atoms with Crippen LogP contribution in [-0.2, 0) is 22.4 Å². The van der Waals surface area contributed by atoms with E-state index in [0.29, 0.717) is 19.4 Å². The van der Waals surface area contributed by atoms with Crippen LogP contribution in [0.25, 0.3) is 0 Å². The number of nitrogens with one attached hydrogen (secondary N) is 2. The molecule has 0 saturated heterocycles. The lowest BCUT2D eigenvalue weighted by Crippen LogP contribution is -2.52. The second-order valence-electron chi connectivity index (χ2n) is 7.11. The van der Waals surface area contributed by atoms with Gasteiger partial charge in [0.1, 0.15) is 12.1 Å². The van der Waals surface area contributed by atoms with Gasteiger partial charge in [-0.1, -0.05) is 30.3 Å². The molecule has 8 heteroatoms. The molecule has 0 radical (unpaired) electrons. The molecule has 3 heterocycles. The van der Waals surface area contributed by atoms with E-state index < -0.39 is 12.0 Å². The predicted molar refractivity (Wildman–Crippen MR) is 110 cm³/mol. The highest BCUT2D eigenvalue weighted by atomic mass is 16.5. The van der Waals surface area contributed by atoms with E-state index in [1.54, 1.807) is 23.6 Å². The molecule has 0 spiro atoms. The van der Waals surface area contributed by atoms with Gasteiger partial charge in [0.2, 0.25) is 0 Å². The van der Waals surface area contributed by atoms with E-state index in [1.165, 1.54) is 7.11 Å².